The monoisotopic (exact) mass is 486 g/mol. The molecular formula is C22H23BrN4O2S. The Hall–Kier alpha value is -2.58. The summed E-state index contributed by atoms with van der Waals surface area (Å²) >= 11 is 4.72. The second kappa shape index (κ2) is 11.0. The van der Waals surface area contributed by atoms with E-state index in [0.717, 1.165) is 22.3 Å². The third-order valence-electron chi connectivity index (χ3n) is 4.25. The largest absolute Gasteiger partial charge is 0.486 e. The Labute approximate surface area is 188 Å². The number of ether oxygens (including phenoxy) is 1. The molecule has 1 heterocycles. The van der Waals surface area contributed by atoms with Crippen molar-refractivity contribution < 1.29 is 9.53 Å². The molecule has 0 bridgehead atoms. The summed E-state index contributed by atoms with van der Waals surface area (Å²) < 4.78 is 8.67. The highest BCUT2D eigenvalue weighted by Crippen LogP contribution is 2.21. The Bertz CT molecular complexity index is 1000. The summed E-state index contributed by atoms with van der Waals surface area (Å²) in [4.78, 5) is 12.3. The molecule has 0 aliphatic rings. The number of allylic oxidation sites excluding steroid dienone is 1. The maximum atomic E-state index is 12.3. The van der Waals surface area contributed by atoms with Crippen molar-refractivity contribution in [2.24, 2.45) is 0 Å². The number of nitrogens with zero attached hydrogens (tertiary/aromatic N) is 3. The average molecular weight is 487 g/mol. The summed E-state index contributed by atoms with van der Waals surface area (Å²) in [6.45, 7) is 6.75. The zero-order chi connectivity index (χ0) is 21.3. The zero-order valence-corrected chi connectivity index (χ0v) is 19.1. The molecule has 2 aromatic carbocycles. The number of nitrogens with one attached hydrogen (secondary N) is 1. The maximum Gasteiger partial charge on any atom is 0.234 e. The van der Waals surface area contributed by atoms with Gasteiger partial charge in [0.15, 0.2) is 11.0 Å². The number of benzene rings is 2. The van der Waals surface area contributed by atoms with Crippen LogP contribution < -0.4 is 10.1 Å². The van der Waals surface area contributed by atoms with Gasteiger partial charge in [0, 0.05) is 16.7 Å². The molecule has 0 aliphatic heterocycles. The minimum Gasteiger partial charge on any atom is -0.486 e. The number of aryl methyl sites for hydroxylation is 1. The number of anilines is 1. The molecule has 0 spiro atoms. The van der Waals surface area contributed by atoms with Gasteiger partial charge in [-0.1, -0.05) is 58.9 Å². The van der Waals surface area contributed by atoms with Crippen LogP contribution in [0.3, 0.4) is 0 Å². The van der Waals surface area contributed by atoms with Crippen molar-refractivity contribution in [2.45, 2.75) is 31.7 Å². The van der Waals surface area contributed by atoms with Gasteiger partial charge < -0.3 is 10.1 Å². The van der Waals surface area contributed by atoms with Crippen molar-refractivity contribution in [3.8, 4) is 5.75 Å². The molecule has 1 amide bonds. The van der Waals surface area contributed by atoms with Crippen molar-refractivity contribution in [3.63, 3.8) is 0 Å². The van der Waals surface area contributed by atoms with Gasteiger partial charge in [0.05, 0.1) is 5.75 Å². The Kier molecular flexibility index (Phi) is 8.10. The maximum absolute atomic E-state index is 12.3. The summed E-state index contributed by atoms with van der Waals surface area (Å²) in [5.74, 6) is 1.58. The van der Waals surface area contributed by atoms with Crippen molar-refractivity contribution in [1.29, 1.82) is 0 Å². The van der Waals surface area contributed by atoms with E-state index in [1.54, 1.807) is 6.08 Å². The molecule has 0 atom stereocenters. The van der Waals surface area contributed by atoms with Gasteiger partial charge in [-0.15, -0.1) is 16.8 Å². The first kappa shape index (κ1) is 22.1. The van der Waals surface area contributed by atoms with Gasteiger partial charge in [0.1, 0.15) is 12.4 Å². The van der Waals surface area contributed by atoms with Gasteiger partial charge in [-0.3, -0.25) is 9.36 Å². The van der Waals surface area contributed by atoms with E-state index < -0.39 is 0 Å². The lowest BCUT2D eigenvalue weighted by Crippen LogP contribution is -2.15. The van der Waals surface area contributed by atoms with E-state index in [2.05, 4.69) is 57.1 Å². The fourth-order valence-electron chi connectivity index (χ4n) is 2.71. The number of thioether (sulfide) groups is 1. The van der Waals surface area contributed by atoms with Crippen LogP contribution >= 0.6 is 27.7 Å². The lowest BCUT2D eigenvalue weighted by Gasteiger charge is -2.10. The highest BCUT2D eigenvalue weighted by atomic mass is 79.9. The topological polar surface area (TPSA) is 69.0 Å². The second-order valence-corrected chi connectivity index (χ2v) is 8.29. The third kappa shape index (κ3) is 6.21. The number of carbonyl (C=O) groups excluding carboxylic acids is 1. The third-order valence-corrected chi connectivity index (χ3v) is 5.71. The quantitative estimate of drug-likeness (QED) is 0.318. The number of rotatable bonds is 10. The number of halogens is 1. The summed E-state index contributed by atoms with van der Waals surface area (Å²) in [6.07, 6.45) is 2.76. The highest BCUT2D eigenvalue weighted by Gasteiger charge is 2.14. The first-order valence-corrected chi connectivity index (χ1v) is 11.3. The SMILES string of the molecule is C=CCn1c(COc2ccc(CC)cc2)nnc1SCC(=O)Nc1cccc(Br)c1. The van der Waals surface area contributed by atoms with Gasteiger partial charge in [0.2, 0.25) is 5.91 Å². The van der Waals surface area contributed by atoms with Crippen LogP contribution in [0.25, 0.3) is 0 Å². The van der Waals surface area contributed by atoms with Crippen molar-refractivity contribution in [1.82, 2.24) is 14.8 Å². The Balaban J connectivity index is 1.60. The molecule has 0 saturated carbocycles. The van der Waals surface area contributed by atoms with Crippen LogP contribution in [0.1, 0.15) is 18.3 Å². The van der Waals surface area contributed by atoms with Gasteiger partial charge in [-0.2, -0.15) is 0 Å². The number of aromatic nitrogens is 3. The van der Waals surface area contributed by atoms with Crippen LogP contribution in [0.2, 0.25) is 0 Å². The molecule has 156 valence electrons. The molecule has 0 radical (unpaired) electrons. The Morgan fingerprint density at radius 3 is 2.77 bits per heavy atom. The van der Waals surface area contributed by atoms with E-state index in [0.29, 0.717) is 17.5 Å². The van der Waals surface area contributed by atoms with E-state index in [1.165, 1.54) is 17.3 Å². The van der Waals surface area contributed by atoms with E-state index >= 15 is 0 Å². The van der Waals surface area contributed by atoms with Crippen LogP contribution in [-0.2, 0) is 24.4 Å². The molecule has 3 aromatic rings. The number of amides is 1. The van der Waals surface area contributed by atoms with E-state index in [-0.39, 0.29) is 18.3 Å². The van der Waals surface area contributed by atoms with Crippen LogP contribution in [0.5, 0.6) is 5.75 Å². The Morgan fingerprint density at radius 2 is 2.07 bits per heavy atom. The normalized spacial score (nSPS) is 10.6. The van der Waals surface area contributed by atoms with Gasteiger partial charge in [0.25, 0.3) is 0 Å². The zero-order valence-electron chi connectivity index (χ0n) is 16.7. The van der Waals surface area contributed by atoms with E-state index in [1.807, 2.05) is 41.0 Å². The molecule has 1 N–H and O–H groups in total. The predicted octanol–water partition coefficient (Wildman–Crippen LogP) is 5.10. The molecular weight excluding hydrogens is 464 g/mol. The first-order valence-electron chi connectivity index (χ1n) is 9.52. The molecule has 0 fully saturated rings. The Morgan fingerprint density at radius 1 is 1.27 bits per heavy atom. The molecule has 1 aromatic heterocycles. The lowest BCUT2D eigenvalue weighted by atomic mass is 10.2. The van der Waals surface area contributed by atoms with Crippen LogP contribution in [0.4, 0.5) is 5.69 Å². The summed E-state index contributed by atoms with van der Waals surface area (Å²) in [5, 5.41) is 12.0. The highest BCUT2D eigenvalue weighted by molar-refractivity contribution is 9.10. The molecule has 0 unspecified atom stereocenters. The van der Waals surface area contributed by atoms with E-state index in [4.69, 9.17) is 4.74 Å². The second-order valence-electron chi connectivity index (χ2n) is 6.43. The fourth-order valence-corrected chi connectivity index (χ4v) is 3.87. The fraction of sp³-hybridized carbons (Fsp3) is 0.227. The van der Waals surface area contributed by atoms with Gasteiger partial charge >= 0.3 is 0 Å². The van der Waals surface area contributed by atoms with Crippen LogP contribution in [0, 0.1) is 0 Å². The molecule has 8 heteroatoms. The minimum absolute atomic E-state index is 0.111. The summed E-state index contributed by atoms with van der Waals surface area (Å²) in [6, 6.07) is 15.5. The van der Waals surface area contributed by atoms with Gasteiger partial charge in [-0.05, 0) is 42.3 Å². The number of hydrogen-bond acceptors (Lipinski definition) is 5. The molecule has 6 nitrogen and oxygen atoms in total. The average Bonchev–Trinajstić information content (AvgIpc) is 3.13. The van der Waals surface area contributed by atoms with Gasteiger partial charge in [-0.25, -0.2) is 0 Å². The van der Waals surface area contributed by atoms with E-state index in [9.17, 15) is 4.79 Å². The van der Waals surface area contributed by atoms with Crippen molar-refractivity contribution >= 4 is 39.3 Å². The smallest absolute Gasteiger partial charge is 0.234 e. The lowest BCUT2D eigenvalue weighted by molar-refractivity contribution is -0.113. The van der Waals surface area contributed by atoms with Crippen molar-refractivity contribution in [2.75, 3.05) is 11.1 Å². The molecule has 0 aliphatic carbocycles. The number of carbonyl (C=O) groups is 1. The molecule has 0 saturated heterocycles. The minimum atomic E-state index is -0.111. The number of hydrogen-bond donors (Lipinski definition) is 1. The summed E-state index contributed by atoms with van der Waals surface area (Å²) in [5.41, 5.74) is 2.00. The van der Waals surface area contributed by atoms with Crippen LogP contribution in [0.15, 0.2) is 70.8 Å². The molecule has 30 heavy (non-hydrogen) atoms. The van der Waals surface area contributed by atoms with Crippen molar-refractivity contribution in [3.05, 3.63) is 77.0 Å². The first-order chi connectivity index (χ1) is 14.6. The predicted molar refractivity (Wildman–Crippen MR) is 124 cm³/mol. The molecule has 3 rings (SSSR count). The van der Waals surface area contributed by atoms with Crippen LogP contribution in [-0.4, -0.2) is 26.4 Å². The standard InChI is InChI=1S/C22H23BrN4O2S/c1-3-12-27-20(14-29-19-10-8-16(4-2)9-11-19)25-26-22(27)30-15-21(28)24-18-7-5-6-17(23)13-18/h3,5-11,13H,1,4,12,14-15H2,2H3,(H,24,28). The summed E-state index contributed by atoms with van der Waals surface area (Å²) in [7, 11) is 0.